The molecule has 0 saturated heterocycles. The summed E-state index contributed by atoms with van der Waals surface area (Å²) in [5.41, 5.74) is 1.93. The van der Waals surface area contributed by atoms with Gasteiger partial charge in [0, 0.05) is 11.6 Å². The van der Waals surface area contributed by atoms with Gasteiger partial charge in [-0.3, -0.25) is 0 Å². The summed E-state index contributed by atoms with van der Waals surface area (Å²) in [4.78, 5) is 0. The molecular formula is C9H10BrN3O. The molecule has 0 spiro atoms. The van der Waals surface area contributed by atoms with E-state index in [0.29, 0.717) is 6.61 Å². The first-order valence-corrected chi connectivity index (χ1v) is 5.08. The first-order chi connectivity index (χ1) is 6.81. The predicted molar refractivity (Wildman–Crippen MR) is 57.1 cm³/mol. The van der Waals surface area contributed by atoms with Crippen molar-refractivity contribution in [1.29, 1.82) is 0 Å². The van der Waals surface area contributed by atoms with Crippen LogP contribution in [0.3, 0.4) is 0 Å². The largest absolute Gasteiger partial charge is 0.383 e. The molecular weight excluding hydrogens is 246 g/mol. The van der Waals surface area contributed by atoms with Crippen molar-refractivity contribution < 1.29 is 4.74 Å². The third-order valence-electron chi connectivity index (χ3n) is 1.98. The molecule has 0 aliphatic heterocycles. The van der Waals surface area contributed by atoms with Crippen molar-refractivity contribution in [2.75, 3.05) is 13.7 Å². The van der Waals surface area contributed by atoms with E-state index in [1.807, 2.05) is 22.9 Å². The van der Waals surface area contributed by atoms with Gasteiger partial charge in [0.05, 0.1) is 18.7 Å². The fraction of sp³-hybridized carbons (Fsp3) is 0.333. The maximum Gasteiger partial charge on any atom is 0.114 e. The van der Waals surface area contributed by atoms with Crippen molar-refractivity contribution in [3.8, 4) is 0 Å². The SMILES string of the molecule is COCCn1nnc2cc(Br)ccc21. The first kappa shape index (κ1) is 9.61. The Kier molecular flexibility index (Phi) is 2.79. The number of aromatic nitrogens is 3. The summed E-state index contributed by atoms with van der Waals surface area (Å²) in [6.07, 6.45) is 0. The Hall–Kier alpha value is -0.940. The van der Waals surface area contributed by atoms with Crippen LogP contribution in [0.2, 0.25) is 0 Å². The van der Waals surface area contributed by atoms with Gasteiger partial charge < -0.3 is 4.74 Å². The fourth-order valence-corrected chi connectivity index (χ4v) is 1.64. The third kappa shape index (κ3) is 1.78. The van der Waals surface area contributed by atoms with E-state index < -0.39 is 0 Å². The number of fused-ring (bicyclic) bond motifs is 1. The quantitative estimate of drug-likeness (QED) is 0.841. The lowest BCUT2D eigenvalue weighted by atomic mass is 10.3. The number of rotatable bonds is 3. The van der Waals surface area contributed by atoms with E-state index in [4.69, 9.17) is 4.74 Å². The lowest BCUT2D eigenvalue weighted by Crippen LogP contribution is -2.05. The maximum absolute atomic E-state index is 4.99. The van der Waals surface area contributed by atoms with E-state index in [2.05, 4.69) is 26.2 Å². The average molecular weight is 256 g/mol. The van der Waals surface area contributed by atoms with E-state index >= 15 is 0 Å². The van der Waals surface area contributed by atoms with Gasteiger partial charge in [-0.2, -0.15) is 0 Å². The van der Waals surface area contributed by atoms with E-state index in [9.17, 15) is 0 Å². The summed E-state index contributed by atoms with van der Waals surface area (Å²) in [6, 6.07) is 5.93. The highest BCUT2D eigenvalue weighted by Crippen LogP contribution is 2.17. The first-order valence-electron chi connectivity index (χ1n) is 4.29. The zero-order chi connectivity index (χ0) is 9.97. The van der Waals surface area contributed by atoms with Crippen LogP contribution in [0.15, 0.2) is 22.7 Å². The standard InChI is InChI=1S/C9H10BrN3O/c1-14-5-4-13-9-3-2-7(10)6-8(9)11-12-13/h2-3,6H,4-5H2,1H3. The minimum Gasteiger partial charge on any atom is -0.383 e. The molecule has 2 aromatic rings. The number of ether oxygens (including phenoxy) is 1. The van der Waals surface area contributed by atoms with Gasteiger partial charge in [0.15, 0.2) is 0 Å². The monoisotopic (exact) mass is 255 g/mol. The molecule has 5 heteroatoms. The molecule has 0 aliphatic rings. The molecule has 0 atom stereocenters. The lowest BCUT2D eigenvalue weighted by molar-refractivity contribution is 0.184. The molecule has 14 heavy (non-hydrogen) atoms. The Bertz CT molecular complexity index is 441. The number of halogens is 1. The average Bonchev–Trinajstić information content (AvgIpc) is 2.57. The fourth-order valence-electron chi connectivity index (χ4n) is 1.29. The molecule has 0 radical (unpaired) electrons. The summed E-state index contributed by atoms with van der Waals surface area (Å²) in [6.45, 7) is 1.38. The van der Waals surface area contributed by atoms with Crippen LogP contribution in [0.5, 0.6) is 0 Å². The summed E-state index contributed by atoms with van der Waals surface area (Å²) >= 11 is 3.39. The van der Waals surface area contributed by atoms with Gasteiger partial charge >= 0.3 is 0 Å². The minimum atomic E-state index is 0.647. The van der Waals surface area contributed by atoms with Crippen LogP contribution < -0.4 is 0 Å². The summed E-state index contributed by atoms with van der Waals surface area (Å²) in [5, 5.41) is 8.10. The molecule has 0 saturated carbocycles. The molecule has 4 nitrogen and oxygen atoms in total. The molecule has 74 valence electrons. The normalized spacial score (nSPS) is 11.0. The van der Waals surface area contributed by atoms with Crippen molar-refractivity contribution in [3.05, 3.63) is 22.7 Å². The Morgan fingerprint density at radius 3 is 3.14 bits per heavy atom. The Balaban J connectivity index is 2.37. The Morgan fingerprint density at radius 1 is 1.50 bits per heavy atom. The van der Waals surface area contributed by atoms with Crippen LogP contribution in [-0.4, -0.2) is 28.7 Å². The van der Waals surface area contributed by atoms with Gasteiger partial charge in [0.1, 0.15) is 5.52 Å². The van der Waals surface area contributed by atoms with Crippen LogP contribution in [0.1, 0.15) is 0 Å². The van der Waals surface area contributed by atoms with Crippen LogP contribution in [0.4, 0.5) is 0 Å². The van der Waals surface area contributed by atoms with Crippen LogP contribution in [0.25, 0.3) is 11.0 Å². The second-order valence-electron chi connectivity index (χ2n) is 2.94. The van der Waals surface area contributed by atoms with Gasteiger partial charge in [-0.1, -0.05) is 21.1 Å². The highest BCUT2D eigenvalue weighted by molar-refractivity contribution is 9.10. The van der Waals surface area contributed by atoms with Crippen molar-refractivity contribution >= 4 is 27.0 Å². The van der Waals surface area contributed by atoms with Gasteiger partial charge in [0.2, 0.25) is 0 Å². The minimum absolute atomic E-state index is 0.647. The van der Waals surface area contributed by atoms with Gasteiger partial charge in [-0.25, -0.2) is 4.68 Å². The second kappa shape index (κ2) is 4.06. The molecule has 1 aromatic heterocycles. The van der Waals surface area contributed by atoms with Crippen LogP contribution in [0, 0.1) is 0 Å². The summed E-state index contributed by atoms with van der Waals surface area (Å²) in [7, 11) is 1.68. The number of hydrogen-bond donors (Lipinski definition) is 0. The molecule has 0 N–H and O–H groups in total. The van der Waals surface area contributed by atoms with E-state index in [0.717, 1.165) is 22.1 Å². The number of benzene rings is 1. The number of hydrogen-bond acceptors (Lipinski definition) is 3. The third-order valence-corrected chi connectivity index (χ3v) is 2.48. The molecule has 0 fully saturated rings. The molecule has 2 rings (SSSR count). The molecule has 1 heterocycles. The maximum atomic E-state index is 4.99. The Labute approximate surface area is 90.0 Å². The van der Waals surface area contributed by atoms with Crippen molar-refractivity contribution in [2.24, 2.45) is 0 Å². The molecule has 0 bridgehead atoms. The van der Waals surface area contributed by atoms with Gasteiger partial charge in [-0.15, -0.1) is 5.10 Å². The van der Waals surface area contributed by atoms with Crippen molar-refractivity contribution in [1.82, 2.24) is 15.0 Å². The van der Waals surface area contributed by atoms with Crippen molar-refractivity contribution in [2.45, 2.75) is 6.54 Å². The predicted octanol–water partition coefficient (Wildman–Crippen LogP) is 1.84. The molecule has 0 aliphatic carbocycles. The second-order valence-corrected chi connectivity index (χ2v) is 3.85. The number of methoxy groups -OCH3 is 1. The summed E-state index contributed by atoms with van der Waals surface area (Å²) in [5.74, 6) is 0. The molecule has 0 amide bonds. The Morgan fingerprint density at radius 2 is 2.36 bits per heavy atom. The molecule has 1 aromatic carbocycles. The summed E-state index contributed by atoms with van der Waals surface area (Å²) < 4.78 is 7.85. The zero-order valence-electron chi connectivity index (χ0n) is 7.77. The lowest BCUT2D eigenvalue weighted by Gasteiger charge is -2.00. The topological polar surface area (TPSA) is 39.9 Å². The highest BCUT2D eigenvalue weighted by Gasteiger charge is 2.03. The van der Waals surface area contributed by atoms with Crippen molar-refractivity contribution in [3.63, 3.8) is 0 Å². The van der Waals surface area contributed by atoms with Gasteiger partial charge in [-0.05, 0) is 18.2 Å². The van der Waals surface area contributed by atoms with E-state index in [1.165, 1.54) is 0 Å². The highest BCUT2D eigenvalue weighted by atomic mass is 79.9. The van der Waals surface area contributed by atoms with E-state index in [-0.39, 0.29) is 0 Å². The zero-order valence-corrected chi connectivity index (χ0v) is 9.36. The van der Waals surface area contributed by atoms with Crippen LogP contribution in [-0.2, 0) is 11.3 Å². The number of nitrogens with zero attached hydrogens (tertiary/aromatic N) is 3. The van der Waals surface area contributed by atoms with E-state index in [1.54, 1.807) is 7.11 Å². The van der Waals surface area contributed by atoms with Gasteiger partial charge in [0.25, 0.3) is 0 Å². The molecule has 0 unspecified atom stereocenters. The van der Waals surface area contributed by atoms with Crippen LogP contribution >= 0.6 is 15.9 Å². The smallest absolute Gasteiger partial charge is 0.114 e.